The van der Waals surface area contributed by atoms with E-state index in [-0.39, 0.29) is 16.6 Å². The van der Waals surface area contributed by atoms with Crippen molar-refractivity contribution in [3.63, 3.8) is 0 Å². The molecule has 284 valence electrons. The number of hydrogen-bond donors (Lipinski definition) is 1. The second kappa shape index (κ2) is 14.3. The Labute approximate surface area is 341 Å². The van der Waals surface area contributed by atoms with E-state index in [1.54, 1.807) is 6.07 Å². The maximum absolute atomic E-state index is 11.2. The Morgan fingerprint density at radius 1 is 0.500 bits per heavy atom. The van der Waals surface area contributed by atoms with Gasteiger partial charge in [-0.2, -0.15) is 0 Å². The number of aromatic hydroxyl groups is 1. The molecule has 2 heterocycles. The first-order valence-corrected chi connectivity index (χ1v) is 20.0. The Balaban J connectivity index is 1.31. The molecule has 0 aliphatic carbocycles. The van der Waals surface area contributed by atoms with Crippen molar-refractivity contribution in [3.8, 4) is 56.2 Å². The highest BCUT2D eigenvalue weighted by molar-refractivity contribution is 6.01. The third kappa shape index (κ3) is 6.55. The molecule has 0 aliphatic heterocycles. The molecule has 0 saturated heterocycles. The highest BCUT2D eigenvalue weighted by Gasteiger charge is 2.26. The summed E-state index contributed by atoms with van der Waals surface area (Å²) in [5.74, 6) is 0.873. The summed E-state index contributed by atoms with van der Waals surface area (Å²) in [5, 5.41) is 12.4. The quantitative estimate of drug-likeness (QED) is 0.176. The van der Waals surface area contributed by atoms with Crippen LogP contribution in [0.2, 0.25) is 0 Å². The van der Waals surface area contributed by atoms with Crippen LogP contribution >= 0.6 is 0 Å². The van der Waals surface area contributed by atoms with E-state index >= 15 is 0 Å². The molecule has 0 fully saturated rings. The molecule has 0 radical (unpaired) electrons. The molecule has 1 N–H and O–H groups in total. The highest BCUT2D eigenvalue weighted by atomic mass is 16.3. The van der Waals surface area contributed by atoms with Gasteiger partial charge >= 0.3 is 0 Å². The molecule has 4 nitrogen and oxygen atoms in total. The van der Waals surface area contributed by atoms with Gasteiger partial charge in [-0.1, -0.05) is 132 Å². The molecule has 0 saturated carbocycles. The summed E-state index contributed by atoms with van der Waals surface area (Å²) < 4.78 is 2.18. The minimum Gasteiger partial charge on any atom is -0.507 e. The van der Waals surface area contributed by atoms with Crippen molar-refractivity contribution in [1.82, 2.24) is 14.5 Å². The minimum atomic E-state index is -0.255. The van der Waals surface area contributed by atoms with Crippen LogP contribution in [-0.4, -0.2) is 19.6 Å². The zero-order valence-electron chi connectivity index (χ0n) is 34.0. The molecule has 0 aliphatic rings. The number of benzene rings is 7. The predicted octanol–water partition coefficient (Wildman–Crippen LogP) is 13.9. The van der Waals surface area contributed by atoms with E-state index in [1.165, 1.54) is 22.3 Å². The smallest absolute Gasteiger partial charge is 0.149 e. The Morgan fingerprint density at radius 3 is 1.84 bits per heavy atom. The molecule has 0 amide bonds. The average molecular weight is 754 g/mol. The Kier molecular flexibility index (Phi) is 9.09. The molecular weight excluding hydrogens is 707 g/mol. The summed E-state index contributed by atoms with van der Waals surface area (Å²) in [6, 6.07) is 57.6. The molecule has 0 atom stereocenters. The number of pyridine rings is 1. The molecule has 0 bridgehead atoms. The molecule has 0 spiro atoms. The summed E-state index contributed by atoms with van der Waals surface area (Å²) in [6.07, 6.45) is 1.92. The van der Waals surface area contributed by atoms with Crippen LogP contribution < -0.4 is 0 Å². The van der Waals surface area contributed by atoms with E-state index < -0.39 is 0 Å². The molecular formula is C54H47N3O. The van der Waals surface area contributed by atoms with Gasteiger partial charge in [0.2, 0.25) is 0 Å². The number of imidazole rings is 1. The van der Waals surface area contributed by atoms with Crippen LogP contribution in [0.3, 0.4) is 0 Å². The van der Waals surface area contributed by atoms with Crippen molar-refractivity contribution in [2.45, 2.75) is 52.4 Å². The van der Waals surface area contributed by atoms with Crippen LogP contribution in [-0.2, 0) is 10.8 Å². The lowest BCUT2D eigenvalue weighted by molar-refractivity contribution is 0.477. The maximum atomic E-state index is 11.2. The van der Waals surface area contributed by atoms with E-state index in [9.17, 15) is 5.11 Å². The molecule has 0 unspecified atom stereocenters. The fourth-order valence-corrected chi connectivity index (χ4v) is 8.27. The van der Waals surface area contributed by atoms with Gasteiger partial charge in [0, 0.05) is 33.8 Å². The highest BCUT2D eigenvalue weighted by Crippen LogP contribution is 2.43. The van der Waals surface area contributed by atoms with Crippen LogP contribution in [0.25, 0.3) is 72.4 Å². The lowest BCUT2D eigenvalue weighted by Crippen LogP contribution is -2.19. The normalized spacial score (nSPS) is 12.0. The van der Waals surface area contributed by atoms with E-state index in [4.69, 9.17) is 9.97 Å². The van der Waals surface area contributed by atoms with E-state index in [0.29, 0.717) is 11.4 Å². The lowest BCUT2D eigenvalue weighted by Gasteiger charge is -2.28. The molecule has 4 heteroatoms. The van der Waals surface area contributed by atoms with Crippen LogP contribution in [0, 0.1) is 6.92 Å². The Hall–Kier alpha value is -6.78. The van der Waals surface area contributed by atoms with Crippen molar-refractivity contribution in [1.29, 1.82) is 0 Å². The number of fused-ring (bicyclic) bond motifs is 2. The fourth-order valence-electron chi connectivity index (χ4n) is 8.27. The number of hydrogen-bond acceptors (Lipinski definition) is 3. The van der Waals surface area contributed by atoms with Gasteiger partial charge in [-0.05, 0) is 124 Å². The second-order valence-corrected chi connectivity index (χ2v) is 17.0. The van der Waals surface area contributed by atoms with Crippen molar-refractivity contribution in [2.24, 2.45) is 0 Å². The third-order valence-electron chi connectivity index (χ3n) is 11.8. The average Bonchev–Trinajstić information content (AvgIpc) is 3.63. The van der Waals surface area contributed by atoms with Gasteiger partial charge in [0.25, 0.3) is 0 Å². The summed E-state index contributed by atoms with van der Waals surface area (Å²) in [5.41, 5.74) is 15.6. The number of phenolic OH excluding ortho intramolecular Hbond substituents is 1. The van der Waals surface area contributed by atoms with Crippen LogP contribution in [0.1, 0.15) is 56.9 Å². The number of aromatic nitrogens is 3. The third-order valence-corrected chi connectivity index (χ3v) is 11.8. The van der Waals surface area contributed by atoms with Crippen LogP contribution in [0.4, 0.5) is 0 Å². The zero-order valence-corrected chi connectivity index (χ0v) is 34.0. The molecule has 2 aromatic heterocycles. The maximum Gasteiger partial charge on any atom is 0.149 e. The van der Waals surface area contributed by atoms with Crippen molar-refractivity contribution >= 4 is 21.9 Å². The van der Waals surface area contributed by atoms with Crippen LogP contribution in [0.15, 0.2) is 170 Å². The number of rotatable bonds is 7. The topological polar surface area (TPSA) is 50.9 Å². The Morgan fingerprint density at radius 2 is 1.14 bits per heavy atom. The number of phenols is 1. The van der Waals surface area contributed by atoms with Crippen molar-refractivity contribution in [3.05, 3.63) is 192 Å². The fraction of sp³-hybridized carbons (Fsp3) is 0.148. The summed E-state index contributed by atoms with van der Waals surface area (Å²) in [4.78, 5) is 10.4. The van der Waals surface area contributed by atoms with E-state index in [1.807, 2.05) is 24.4 Å². The van der Waals surface area contributed by atoms with Gasteiger partial charge in [0.05, 0.1) is 22.1 Å². The monoisotopic (exact) mass is 753 g/mol. The number of para-hydroxylation sites is 2. The standard InChI is InChI=1S/C54H47N3O/c1-35-28-29-55-50-46(35)33-42(54(5,6)41-18-11-8-12-19-41)34-47(50)39-31-37(36-16-9-7-10-17-36)30-38(32-39)44-21-15-22-48-51(44)56-52(45-20-13-14-23-49(45)58)57(48)43-26-24-40(25-27-43)53(2,3)4/h7-34,58H,1-6H3. The van der Waals surface area contributed by atoms with Crippen molar-refractivity contribution < 1.29 is 5.11 Å². The molecule has 9 aromatic rings. The summed E-state index contributed by atoms with van der Waals surface area (Å²) in [6.45, 7) is 13.5. The van der Waals surface area contributed by atoms with Crippen LogP contribution in [0.5, 0.6) is 5.75 Å². The van der Waals surface area contributed by atoms with Gasteiger partial charge in [0.1, 0.15) is 11.6 Å². The SMILES string of the molecule is Cc1ccnc2c(-c3cc(-c4ccccc4)cc(-c4cccc5c4nc(-c4ccccc4O)n5-c4ccc(C(C)(C)C)cc4)c3)cc(C(C)(C)c3ccccc3)cc12. The van der Waals surface area contributed by atoms with Crippen molar-refractivity contribution in [2.75, 3.05) is 0 Å². The largest absolute Gasteiger partial charge is 0.507 e. The van der Waals surface area contributed by atoms with E-state index in [0.717, 1.165) is 61.0 Å². The molecule has 9 rings (SSSR count). The first-order valence-electron chi connectivity index (χ1n) is 20.0. The first kappa shape index (κ1) is 36.8. The van der Waals surface area contributed by atoms with Gasteiger partial charge in [-0.25, -0.2) is 4.98 Å². The lowest BCUT2D eigenvalue weighted by atomic mass is 9.76. The van der Waals surface area contributed by atoms with Gasteiger partial charge < -0.3 is 5.11 Å². The summed E-state index contributed by atoms with van der Waals surface area (Å²) >= 11 is 0. The van der Waals surface area contributed by atoms with E-state index in [2.05, 4.69) is 186 Å². The zero-order chi connectivity index (χ0) is 40.2. The molecule has 58 heavy (non-hydrogen) atoms. The summed E-state index contributed by atoms with van der Waals surface area (Å²) in [7, 11) is 0. The van der Waals surface area contributed by atoms with Gasteiger partial charge in [0.15, 0.2) is 0 Å². The first-order chi connectivity index (χ1) is 28.0. The number of aryl methyl sites for hydroxylation is 1. The van der Waals surface area contributed by atoms with Gasteiger partial charge in [-0.15, -0.1) is 0 Å². The minimum absolute atomic E-state index is 0.0149. The Bertz CT molecular complexity index is 2950. The van der Waals surface area contributed by atoms with Gasteiger partial charge in [-0.3, -0.25) is 9.55 Å². The number of nitrogens with zero attached hydrogens (tertiary/aromatic N) is 3. The second-order valence-electron chi connectivity index (χ2n) is 17.0. The predicted molar refractivity (Wildman–Crippen MR) is 242 cm³/mol. The molecule has 7 aromatic carbocycles.